The number of nitrogens with one attached hydrogen (secondary N) is 1. The van der Waals surface area contributed by atoms with E-state index in [1.165, 1.54) is 44.9 Å². The van der Waals surface area contributed by atoms with Gasteiger partial charge in [-0.25, -0.2) is 0 Å². The van der Waals surface area contributed by atoms with Crippen molar-refractivity contribution in [3.8, 4) is 0 Å². The number of hydrogen-bond donors (Lipinski definition) is 1. The Hall–Kier alpha value is -0.0800. The lowest BCUT2D eigenvalue weighted by Gasteiger charge is -2.27. The Morgan fingerprint density at radius 1 is 0.929 bits per heavy atom. The molecule has 0 amide bonds. The lowest BCUT2D eigenvalue weighted by Crippen LogP contribution is -2.33. The number of rotatable bonds is 3. The fourth-order valence-corrected chi connectivity index (χ4v) is 2.59. The van der Waals surface area contributed by atoms with Gasteiger partial charge in [0, 0.05) is 6.61 Å². The molecule has 0 radical (unpaired) electrons. The van der Waals surface area contributed by atoms with Crippen molar-refractivity contribution < 1.29 is 4.74 Å². The van der Waals surface area contributed by atoms with Gasteiger partial charge in [0.2, 0.25) is 0 Å². The van der Waals surface area contributed by atoms with Crippen molar-refractivity contribution in [3.63, 3.8) is 0 Å². The molecule has 1 heterocycles. The summed E-state index contributed by atoms with van der Waals surface area (Å²) in [7, 11) is 0. The van der Waals surface area contributed by atoms with E-state index in [-0.39, 0.29) is 0 Å². The highest BCUT2D eigenvalue weighted by atomic mass is 16.5. The van der Waals surface area contributed by atoms with E-state index < -0.39 is 0 Å². The molecule has 1 saturated heterocycles. The van der Waals surface area contributed by atoms with Crippen LogP contribution in [-0.2, 0) is 4.74 Å². The summed E-state index contributed by atoms with van der Waals surface area (Å²) in [6.07, 6.45) is 10.1. The van der Waals surface area contributed by atoms with Gasteiger partial charge in [-0.1, -0.05) is 19.3 Å². The first-order chi connectivity index (χ1) is 6.95. The molecular formula is C12H23NO. The van der Waals surface area contributed by atoms with E-state index in [0.29, 0.717) is 6.10 Å². The molecule has 0 unspecified atom stereocenters. The maximum Gasteiger partial charge on any atom is 0.0599 e. The largest absolute Gasteiger partial charge is 0.378 e. The van der Waals surface area contributed by atoms with Gasteiger partial charge in [0.05, 0.1) is 6.10 Å². The zero-order valence-electron chi connectivity index (χ0n) is 9.13. The van der Waals surface area contributed by atoms with Gasteiger partial charge in [-0.15, -0.1) is 0 Å². The summed E-state index contributed by atoms with van der Waals surface area (Å²) in [4.78, 5) is 0. The maximum absolute atomic E-state index is 5.98. The second-order valence-electron chi connectivity index (χ2n) is 4.79. The first-order valence-electron chi connectivity index (χ1n) is 6.27. The summed E-state index contributed by atoms with van der Waals surface area (Å²) in [5, 5.41) is 3.37. The van der Waals surface area contributed by atoms with Crippen molar-refractivity contribution >= 4 is 0 Å². The number of piperidine rings is 1. The van der Waals surface area contributed by atoms with Crippen LogP contribution in [0, 0.1) is 5.92 Å². The molecule has 0 atom stereocenters. The fraction of sp³-hybridized carbons (Fsp3) is 1.00. The molecule has 82 valence electrons. The molecule has 14 heavy (non-hydrogen) atoms. The molecule has 0 aromatic heterocycles. The van der Waals surface area contributed by atoms with Crippen molar-refractivity contribution in [2.75, 3.05) is 19.7 Å². The lowest BCUT2D eigenvalue weighted by atomic mass is 9.90. The second-order valence-corrected chi connectivity index (χ2v) is 4.79. The van der Waals surface area contributed by atoms with Gasteiger partial charge in [0.1, 0.15) is 0 Å². The van der Waals surface area contributed by atoms with E-state index in [1.54, 1.807) is 0 Å². The molecule has 2 fully saturated rings. The average Bonchev–Trinajstić information content (AvgIpc) is 2.29. The smallest absolute Gasteiger partial charge is 0.0599 e. The third-order valence-electron chi connectivity index (χ3n) is 3.58. The third kappa shape index (κ3) is 3.25. The van der Waals surface area contributed by atoms with Gasteiger partial charge in [-0.05, 0) is 44.7 Å². The van der Waals surface area contributed by atoms with E-state index in [2.05, 4.69) is 5.32 Å². The Morgan fingerprint density at radius 3 is 2.36 bits per heavy atom. The van der Waals surface area contributed by atoms with E-state index in [9.17, 15) is 0 Å². The predicted octanol–water partition coefficient (Wildman–Crippen LogP) is 2.34. The zero-order chi connectivity index (χ0) is 9.64. The summed E-state index contributed by atoms with van der Waals surface area (Å²) in [5.74, 6) is 0.874. The standard InChI is InChI=1S/C12H23NO/c1-2-4-11(5-3-1)10-14-12-6-8-13-9-7-12/h11-13H,1-10H2. The van der Waals surface area contributed by atoms with E-state index in [4.69, 9.17) is 4.74 Å². The normalized spacial score (nSPS) is 26.6. The topological polar surface area (TPSA) is 21.3 Å². The number of hydrogen-bond acceptors (Lipinski definition) is 2. The molecule has 1 saturated carbocycles. The minimum absolute atomic E-state index is 0.554. The lowest BCUT2D eigenvalue weighted by molar-refractivity contribution is 0.00489. The van der Waals surface area contributed by atoms with E-state index >= 15 is 0 Å². The Labute approximate surface area is 87.4 Å². The molecule has 2 heteroatoms. The van der Waals surface area contributed by atoms with E-state index in [1.807, 2.05) is 0 Å². The molecule has 1 aliphatic carbocycles. The van der Waals surface area contributed by atoms with Crippen molar-refractivity contribution in [3.05, 3.63) is 0 Å². The van der Waals surface area contributed by atoms with Crippen molar-refractivity contribution in [1.29, 1.82) is 0 Å². The molecule has 1 N–H and O–H groups in total. The molecular weight excluding hydrogens is 174 g/mol. The fourth-order valence-electron chi connectivity index (χ4n) is 2.59. The van der Waals surface area contributed by atoms with Crippen LogP contribution in [0.25, 0.3) is 0 Å². The highest BCUT2D eigenvalue weighted by molar-refractivity contribution is 4.70. The molecule has 1 aliphatic heterocycles. The van der Waals surface area contributed by atoms with Crippen LogP contribution >= 0.6 is 0 Å². The summed E-state index contributed by atoms with van der Waals surface area (Å²) >= 11 is 0. The van der Waals surface area contributed by atoms with Crippen LogP contribution in [0.4, 0.5) is 0 Å². The minimum Gasteiger partial charge on any atom is -0.378 e. The Kier molecular flexibility index (Phi) is 4.26. The Bertz CT molecular complexity index is 130. The van der Waals surface area contributed by atoms with Gasteiger partial charge >= 0.3 is 0 Å². The SMILES string of the molecule is C1CCC(COC2CCNCC2)CC1. The minimum atomic E-state index is 0.554. The average molecular weight is 197 g/mol. The highest BCUT2D eigenvalue weighted by Gasteiger charge is 2.17. The van der Waals surface area contributed by atoms with Crippen LogP contribution in [0.5, 0.6) is 0 Å². The van der Waals surface area contributed by atoms with E-state index in [0.717, 1.165) is 25.6 Å². The van der Waals surface area contributed by atoms with Gasteiger partial charge < -0.3 is 10.1 Å². The van der Waals surface area contributed by atoms with Crippen molar-refractivity contribution in [1.82, 2.24) is 5.32 Å². The predicted molar refractivity (Wildman–Crippen MR) is 58.4 cm³/mol. The Morgan fingerprint density at radius 2 is 1.64 bits per heavy atom. The monoisotopic (exact) mass is 197 g/mol. The second kappa shape index (κ2) is 5.72. The van der Waals surface area contributed by atoms with Gasteiger partial charge in [-0.3, -0.25) is 0 Å². The van der Waals surface area contributed by atoms with Crippen molar-refractivity contribution in [2.45, 2.75) is 51.0 Å². The zero-order valence-corrected chi connectivity index (χ0v) is 9.13. The summed E-state index contributed by atoms with van der Waals surface area (Å²) in [6, 6.07) is 0. The van der Waals surface area contributed by atoms with Gasteiger partial charge in [-0.2, -0.15) is 0 Å². The molecule has 2 nitrogen and oxygen atoms in total. The maximum atomic E-state index is 5.98. The molecule has 2 rings (SSSR count). The Balaban J connectivity index is 1.60. The van der Waals surface area contributed by atoms with Crippen LogP contribution in [-0.4, -0.2) is 25.8 Å². The van der Waals surface area contributed by atoms with Crippen LogP contribution in [0.3, 0.4) is 0 Å². The van der Waals surface area contributed by atoms with Crippen LogP contribution < -0.4 is 5.32 Å². The quantitative estimate of drug-likeness (QED) is 0.750. The van der Waals surface area contributed by atoms with Crippen LogP contribution in [0.15, 0.2) is 0 Å². The molecule has 0 bridgehead atoms. The first-order valence-corrected chi connectivity index (χ1v) is 6.27. The first kappa shape index (κ1) is 10.4. The summed E-state index contributed by atoms with van der Waals surface area (Å²) in [5.41, 5.74) is 0. The third-order valence-corrected chi connectivity index (χ3v) is 3.58. The van der Waals surface area contributed by atoms with Crippen molar-refractivity contribution in [2.24, 2.45) is 5.92 Å². The molecule has 0 aromatic rings. The molecule has 0 spiro atoms. The van der Waals surface area contributed by atoms with Crippen LogP contribution in [0.2, 0.25) is 0 Å². The highest BCUT2D eigenvalue weighted by Crippen LogP contribution is 2.24. The van der Waals surface area contributed by atoms with Gasteiger partial charge in [0.15, 0.2) is 0 Å². The molecule has 0 aromatic carbocycles. The summed E-state index contributed by atoms with van der Waals surface area (Å²) in [6.45, 7) is 3.33. The number of ether oxygens (including phenoxy) is 1. The molecule has 2 aliphatic rings. The van der Waals surface area contributed by atoms with Crippen LogP contribution in [0.1, 0.15) is 44.9 Å². The summed E-state index contributed by atoms with van der Waals surface area (Å²) < 4.78 is 5.98. The van der Waals surface area contributed by atoms with Gasteiger partial charge in [0.25, 0.3) is 0 Å².